The smallest absolute Gasteiger partial charge is 0.312 e. The second-order valence-electron chi connectivity index (χ2n) is 9.89. The van der Waals surface area contributed by atoms with Crippen LogP contribution >= 0.6 is 0 Å². The van der Waals surface area contributed by atoms with E-state index >= 15 is 0 Å². The van der Waals surface area contributed by atoms with Crippen molar-refractivity contribution in [3.63, 3.8) is 0 Å². The molecule has 2 bridgehead atoms. The van der Waals surface area contributed by atoms with Gasteiger partial charge in [0.15, 0.2) is 0 Å². The van der Waals surface area contributed by atoms with Crippen molar-refractivity contribution in [3.8, 4) is 0 Å². The summed E-state index contributed by atoms with van der Waals surface area (Å²) in [6.07, 6.45) is 6.00. The molecule has 4 rings (SSSR count). The van der Waals surface area contributed by atoms with Gasteiger partial charge in [-0.2, -0.15) is 0 Å². The van der Waals surface area contributed by atoms with Crippen LogP contribution in [0.2, 0.25) is 0 Å². The Morgan fingerprint density at radius 2 is 1.97 bits per heavy atom. The molecule has 1 spiro atoms. The first-order valence-electron chi connectivity index (χ1n) is 11.9. The molecule has 1 saturated carbocycles. The summed E-state index contributed by atoms with van der Waals surface area (Å²) in [5, 5.41) is 13.3. The molecule has 2 amide bonds. The molecule has 3 saturated heterocycles. The van der Waals surface area contributed by atoms with Gasteiger partial charge in [0, 0.05) is 6.04 Å². The summed E-state index contributed by atoms with van der Waals surface area (Å²) in [7, 11) is 0. The third-order valence-corrected chi connectivity index (χ3v) is 7.81. The van der Waals surface area contributed by atoms with Gasteiger partial charge in [-0.25, -0.2) is 0 Å². The van der Waals surface area contributed by atoms with Crippen LogP contribution < -0.4 is 5.32 Å². The molecule has 6 atom stereocenters. The fourth-order valence-corrected chi connectivity index (χ4v) is 6.40. The van der Waals surface area contributed by atoms with Gasteiger partial charge in [-0.05, 0) is 38.5 Å². The fourth-order valence-electron chi connectivity index (χ4n) is 6.40. The van der Waals surface area contributed by atoms with Crippen LogP contribution in [0.25, 0.3) is 0 Å². The Morgan fingerprint density at radius 1 is 1.26 bits per heavy atom. The molecule has 0 aromatic rings. The van der Waals surface area contributed by atoms with Crippen LogP contribution in [0.5, 0.6) is 0 Å². The number of nitrogens with zero attached hydrogens (tertiary/aromatic N) is 1. The minimum atomic E-state index is -1.03. The van der Waals surface area contributed by atoms with E-state index in [0.29, 0.717) is 12.8 Å². The number of aliphatic hydroxyl groups excluding tert-OH is 1. The number of aliphatic hydroxyl groups is 1. The van der Waals surface area contributed by atoms with Crippen molar-refractivity contribution in [1.29, 1.82) is 0 Å². The van der Waals surface area contributed by atoms with Crippen LogP contribution in [-0.2, 0) is 23.9 Å². The predicted molar refractivity (Wildman–Crippen MR) is 112 cm³/mol. The fraction of sp³-hybridized carbons (Fsp3) is 0.870. The molecule has 31 heavy (non-hydrogen) atoms. The second kappa shape index (κ2) is 8.70. The molecule has 0 radical (unpaired) electrons. The number of nitrogens with one attached hydrogen (secondary N) is 1. The topological polar surface area (TPSA) is 105 Å². The SMILES string of the molecule is CCOC(=O)[C@@H]1[C@H]2C(=O)N([C@@H](CO)C(C)C)C(C(=O)NC3CCCCC3)C23CC[C@H]1O3. The van der Waals surface area contributed by atoms with Gasteiger partial charge in [-0.1, -0.05) is 33.1 Å². The van der Waals surface area contributed by atoms with Crippen LogP contribution in [0.15, 0.2) is 0 Å². The van der Waals surface area contributed by atoms with Crippen molar-refractivity contribution in [1.82, 2.24) is 10.2 Å². The average Bonchev–Trinajstić information content (AvgIpc) is 3.37. The summed E-state index contributed by atoms with van der Waals surface area (Å²) in [4.78, 5) is 41.7. The van der Waals surface area contributed by atoms with Crippen LogP contribution in [0.1, 0.15) is 65.7 Å². The average molecular weight is 437 g/mol. The highest BCUT2D eigenvalue weighted by Crippen LogP contribution is 2.59. The monoisotopic (exact) mass is 436 g/mol. The maximum absolute atomic E-state index is 13.7. The zero-order valence-corrected chi connectivity index (χ0v) is 18.8. The molecule has 174 valence electrons. The minimum absolute atomic E-state index is 0.0487. The normalized spacial score (nSPS) is 36.0. The van der Waals surface area contributed by atoms with Gasteiger partial charge in [-0.3, -0.25) is 14.4 Å². The molecule has 3 aliphatic heterocycles. The van der Waals surface area contributed by atoms with Crippen LogP contribution in [0.4, 0.5) is 0 Å². The molecule has 1 aliphatic carbocycles. The number of ether oxygens (including phenoxy) is 2. The molecular formula is C23H36N2O6. The summed E-state index contributed by atoms with van der Waals surface area (Å²) in [5.74, 6) is -2.38. The Balaban J connectivity index is 1.70. The highest BCUT2D eigenvalue weighted by molar-refractivity contribution is 5.98. The van der Waals surface area contributed by atoms with Gasteiger partial charge in [0.05, 0.1) is 37.2 Å². The molecule has 4 fully saturated rings. The van der Waals surface area contributed by atoms with Gasteiger partial charge in [-0.15, -0.1) is 0 Å². The molecule has 0 aromatic carbocycles. The van der Waals surface area contributed by atoms with Crippen LogP contribution in [0.3, 0.4) is 0 Å². The van der Waals surface area contributed by atoms with Crippen LogP contribution in [-0.4, -0.2) is 70.8 Å². The van der Waals surface area contributed by atoms with E-state index in [1.54, 1.807) is 11.8 Å². The standard InChI is InChI=1S/C23H36N2O6/c1-4-30-22(29)17-16-10-11-23(31-16)18(17)21(28)25(15(12-26)13(2)3)19(23)20(27)24-14-8-6-5-7-9-14/h13-19,26H,4-12H2,1-3H3,(H,24,27)/t15-,16+,17-,18-,19?,23?/m0/s1. The quantitative estimate of drug-likeness (QED) is 0.585. The Bertz CT molecular complexity index is 721. The first kappa shape index (κ1) is 22.5. The van der Waals surface area contributed by atoms with Crippen LogP contribution in [0, 0.1) is 17.8 Å². The van der Waals surface area contributed by atoms with Crippen molar-refractivity contribution in [3.05, 3.63) is 0 Å². The lowest BCUT2D eigenvalue weighted by Gasteiger charge is -2.39. The van der Waals surface area contributed by atoms with E-state index in [1.165, 1.54) is 6.42 Å². The highest BCUT2D eigenvalue weighted by atomic mass is 16.6. The van der Waals surface area contributed by atoms with Crippen molar-refractivity contribution in [2.75, 3.05) is 13.2 Å². The predicted octanol–water partition coefficient (Wildman–Crippen LogP) is 1.39. The van der Waals surface area contributed by atoms with E-state index in [0.717, 1.165) is 25.7 Å². The number of hydrogen-bond acceptors (Lipinski definition) is 6. The zero-order chi connectivity index (χ0) is 22.3. The van der Waals surface area contributed by atoms with Crippen molar-refractivity contribution >= 4 is 17.8 Å². The Kier molecular flexibility index (Phi) is 6.32. The van der Waals surface area contributed by atoms with Gasteiger partial charge < -0.3 is 24.8 Å². The molecule has 8 nitrogen and oxygen atoms in total. The Hall–Kier alpha value is -1.67. The number of esters is 1. The van der Waals surface area contributed by atoms with E-state index in [2.05, 4.69) is 5.32 Å². The van der Waals surface area contributed by atoms with E-state index in [4.69, 9.17) is 9.47 Å². The van der Waals surface area contributed by atoms with E-state index < -0.39 is 41.6 Å². The Morgan fingerprint density at radius 3 is 2.58 bits per heavy atom. The molecule has 2 unspecified atom stereocenters. The summed E-state index contributed by atoms with van der Waals surface area (Å²) in [5.41, 5.74) is -1.03. The highest BCUT2D eigenvalue weighted by Gasteiger charge is 2.75. The van der Waals surface area contributed by atoms with Gasteiger partial charge in [0.2, 0.25) is 11.8 Å². The minimum Gasteiger partial charge on any atom is -0.466 e. The number of fused-ring (bicyclic) bond motifs is 1. The van der Waals surface area contributed by atoms with Gasteiger partial charge >= 0.3 is 5.97 Å². The Labute approximate surface area is 184 Å². The number of carbonyl (C=O) groups is 3. The number of rotatable bonds is 7. The van der Waals surface area contributed by atoms with Gasteiger partial charge in [0.1, 0.15) is 11.6 Å². The molecule has 4 aliphatic rings. The maximum atomic E-state index is 13.7. The zero-order valence-electron chi connectivity index (χ0n) is 18.8. The van der Waals surface area contributed by atoms with E-state index in [9.17, 15) is 19.5 Å². The van der Waals surface area contributed by atoms with E-state index in [1.807, 2.05) is 13.8 Å². The largest absolute Gasteiger partial charge is 0.466 e. The van der Waals surface area contributed by atoms with Crippen molar-refractivity contribution in [2.24, 2.45) is 17.8 Å². The summed E-state index contributed by atoms with van der Waals surface area (Å²) < 4.78 is 11.6. The molecule has 2 N–H and O–H groups in total. The van der Waals surface area contributed by atoms with Gasteiger partial charge in [0.25, 0.3) is 0 Å². The lowest BCUT2D eigenvalue weighted by Crippen LogP contribution is -2.60. The number of hydrogen-bond donors (Lipinski definition) is 2. The molecule has 0 aromatic heterocycles. The van der Waals surface area contributed by atoms with Crippen molar-refractivity contribution < 1.29 is 29.0 Å². The first-order chi connectivity index (χ1) is 14.9. The molecule has 3 heterocycles. The summed E-state index contributed by atoms with van der Waals surface area (Å²) in [6, 6.07) is -1.25. The molecular weight excluding hydrogens is 400 g/mol. The number of likely N-dealkylation sites (tertiary alicyclic amines) is 1. The van der Waals surface area contributed by atoms with E-state index in [-0.39, 0.29) is 37.0 Å². The molecule has 8 heteroatoms. The maximum Gasteiger partial charge on any atom is 0.312 e. The second-order valence-corrected chi connectivity index (χ2v) is 9.89. The number of carbonyl (C=O) groups excluding carboxylic acids is 3. The number of amides is 2. The lowest BCUT2D eigenvalue weighted by atomic mass is 9.70. The van der Waals surface area contributed by atoms with Crippen molar-refractivity contribution in [2.45, 2.75) is 95.5 Å². The summed E-state index contributed by atoms with van der Waals surface area (Å²) >= 11 is 0. The lowest BCUT2D eigenvalue weighted by molar-refractivity contribution is -0.155. The third-order valence-electron chi connectivity index (χ3n) is 7.81. The summed E-state index contributed by atoms with van der Waals surface area (Å²) in [6.45, 7) is 5.59. The third kappa shape index (κ3) is 3.55. The first-order valence-corrected chi connectivity index (χ1v) is 11.9.